The molecule has 0 unspecified atom stereocenters. The first kappa shape index (κ1) is 21.5. The minimum absolute atomic E-state index is 0. The fourth-order valence-corrected chi connectivity index (χ4v) is 2.92. The Balaban J connectivity index is 0.00000312. The van der Waals surface area contributed by atoms with E-state index in [9.17, 15) is 4.79 Å². The second-order valence-corrected chi connectivity index (χ2v) is 7.17. The number of para-hydroxylation sites is 1. The number of thioether (sulfide) groups is 1. The van der Waals surface area contributed by atoms with Gasteiger partial charge in [0, 0.05) is 5.69 Å². The third kappa shape index (κ3) is 6.34. The van der Waals surface area contributed by atoms with Crippen molar-refractivity contribution in [3.63, 3.8) is 0 Å². The summed E-state index contributed by atoms with van der Waals surface area (Å²) in [6.45, 7) is 8.11. The number of hydrogen-bond acceptors (Lipinski definition) is 6. The quantitative estimate of drug-likeness (QED) is 0.703. The minimum Gasteiger partial charge on any atom is -0.414 e. The lowest BCUT2D eigenvalue weighted by Gasteiger charge is -2.10. The zero-order chi connectivity index (χ0) is 17.7. The van der Waals surface area contributed by atoms with Crippen molar-refractivity contribution in [3.05, 3.63) is 35.2 Å². The summed E-state index contributed by atoms with van der Waals surface area (Å²) >= 11 is 1.21. The summed E-state index contributed by atoms with van der Waals surface area (Å²) in [5.41, 5.74) is 8.94. The van der Waals surface area contributed by atoms with Crippen LogP contribution in [0.4, 0.5) is 5.69 Å². The molecule has 2 aromatic rings. The van der Waals surface area contributed by atoms with Gasteiger partial charge >= 0.3 is 0 Å². The highest BCUT2D eigenvalue weighted by Crippen LogP contribution is 2.23. The zero-order valence-electron chi connectivity index (χ0n) is 14.9. The fourth-order valence-electron chi connectivity index (χ4n) is 2.35. The number of benzene rings is 1. The molecule has 3 N–H and O–H groups in total. The molecule has 1 atom stereocenters. The van der Waals surface area contributed by atoms with Gasteiger partial charge in [0.05, 0.1) is 11.8 Å². The Bertz CT molecular complexity index is 685. The number of rotatable bonds is 7. The van der Waals surface area contributed by atoms with Crippen molar-refractivity contribution in [2.45, 2.75) is 45.4 Å². The van der Waals surface area contributed by atoms with Gasteiger partial charge in [-0.3, -0.25) is 4.79 Å². The number of nitrogens with two attached hydrogens (primary N) is 1. The molecule has 0 fully saturated rings. The second-order valence-electron chi connectivity index (χ2n) is 6.25. The fraction of sp³-hybridized carbons (Fsp3) is 0.471. The number of hydrogen-bond donors (Lipinski definition) is 2. The van der Waals surface area contributed by atoms with Gasteiger partial charge in [0.1, 0.15) is 0 Å². The predicted octanol–water partition coefficient (Wildman–Crippen LogP) is 3.88. The highest BCUT2D eigenvalue weighted by molar-refractivity contribution is 7.99. The van der Waals surface area contributed by atoms with Crippen LogP contribution in [-0.4, -0.2) is 21.9 Å². The lowest BCUT2D eigenvalue weighted by Crippen LogP contribution is -2.15. The van der Waals surface area contributed by atoms with Gasteiger partial charge in [-0.05, 0) is 37.3 Å². The number of halogens is 1. The van der Waals surface area contributed by atoms with Gasteiger partial charge in [-0.1, -0.05) is 43.8 Å². The van der Waals surface area contributed by atoms with Crippen molar-refractivity contribution in [2.75, 3.05) is 11.1 Å². The normalized spacial score (nSPS) is 11.9. The topological polar surface area (TPSA) is 94.0 Å². The van der Waals surface area contributed by atoms with Crippen molar-refractivity contribution in [3.8, 4) is 0 Å². The molecule has 0 aliphatic rings. The summed E-state index contributed by atoms with van der Waals surface area (Å²) in [4.78, 5) is 12.1. The van der Waals surface area contributed by atoms with Crippen molar-refractivity contribution < 1.29 is 9.21 Å². The Morgan fingerprint density at radius 1 is 1.28 bits per heavy atom. The van der Waals surface area contributed by atoms with Crippen molar-refractivity contribution in [1.82, 2.24) is 10.2 Å². The maximum absolute atomic E-state index is 12.1. The third-order valence-corrected chi connectivity index (χ3v) is 4.36. The van der Waals surface area contributed by atoms with E-state index in [-0.39, 0.29) is 30.1 Å². The smallest absolute Gasteiger partial charge is 0.277 e. The second kappa shape index (κ2) is 9.79. The molecular weight excluding hydrogens is 360 g/mol. The number of carbonyl (C=O) groups excluding carboxylic acids is 1. The van der Waals surface area contributed by atoms with Gasteiger partial charge in [0.25, 0.3) is 5.22 Å². The van der Waals surface area contributed by atoms with E-state index in [0.717, 1.165) is 23.2 Å². The van der Waals surface area contributed by atoms with E-state index in [1.807, 2.05) is 32.0 Å². The summed E-state index contributed by atoms with van der Waals surface area (Å²) in [7, 11) is 0. The Labute approximate surface area is 158 Å². The standard InChI is InChI=1S/C17H24N4O2S.ClH/c1-10(2)8-13(18)16-20-21-17(23-16)24-9-14(22)19-15-11(3)6-5-7-12(15)4;/h5-7,10,13H,8-9,18H2,1-4H3,(H,19,22);1H/t13-;/m0./s1. The predicted molar refractivity (Wildman–Crippen MR) is 103 cm³/mol. The van der Waals surface area contributed by atoms with Crippen LogP contribution in [0.15, 0.2) is 27.8 Å². The number of anilines is 1. The van der Waals surface area contributed by atoms with Gasteiger partial charge in [-0.15, -0.1) is 22.6 Å². The largest absolute Gasteiger partial charge is 0.414 e. The maximum atomic E-state index is 12.1. The monoisotopic (exact) mass is 384 g/mol. The first-order valence-corrected chi connectivity index (χ1v) is 8.93. The van der Waals surface area contributed by atoms with Crippen LogP contribution in [0.3, 0.4) is 0 Å². The average Bonchev–Trinajstić information content (AvgIpc) is 2.97. The Morgan fingerprint density at radius 2 is 1.92 bits per heavy atom. The molecule has 138 valence electrons. The SMILES string of the molecule is Cc1cccc(C)c1NC(=O)CSc1nnc([C@@H](N)CC(C)C)o1.Cl. The van der Waals surface area contributed by atoms with Crippen LogP contribution in [0.25, 0.3) is 0 Å². The Kier molecular flexibility index (Phi) is 8.41. The van der Waals surface area contributed by atoms with Crippen LogP contribution in [0.5, 0.6) is 0 Å². The van der Waals surface area contributed by atoms with Gasteiger partial charge in [0.15, 0.2) is 0 Å². The van der Waals surface area contributed by atoms with E-state index in [2.05, 4.69) is 29.4 Å². The molecule has 8 heteroatoms. The molecule has 0 bridgehead atoms. The molecule has 1 amide bonds. The van der Waals surface area contributed by atoms with Gasteiger partial charge < -0.3 is 15.5 Å². The lowest BCUT2D eigenvalue weighted by molar-refractivity contribution is -0.113. The number of aryl methyl sites for hydroxylation is 2. The summed E-state index contributed by atoms with van der Waals surface area (Å²) in [5.74, 6) is 0.963. The minimum atomic E-state index is -0.268. The van der Waals surface area contributed by atoms with Gasteiger partial charge in [0.2, 0.25) is 11.8 Å². The Morgan fingerprint density at radius 3 is 2.52 bits per heavy atom. The molecule has 0 aliphatic carbocycles. The van der Waals surface area contributed by atoms with Crippen LogP contribution in [0.2, 0.25) is 0 Å². The molecule has 0 radical (unpaired) electrons. The number of nitrogens with one attached hydrogen (secondary N) is 1. The number of carbonyl (C=O) groups is 1. The molecule has 0 spiro atoms. The van der Waals surface area contributed by atoms with Crippen molar-refractivity contribution >= 4 is 35.8 Å². The van der Waals surface area contributed by atoms with Crippen molar-refractivity contribution in [1.29, 1.82) is 0 Å². The first-order chi connectivity index (χ1) is 11.4. The molecule has 1 aromatic heterocycles. The summed E-state index contributed by atoms with van der Waals surface area (Å²) in [6.07, 6.45) is 0.777. The van der Waals surface area contributed by atoms with Gasteiger partial charge in [-0.2, -0.15) is 0 Å². The van der Waals surface area contributed by atoms with E-state index in [1.165, 1.54) is 11.8 Å². The molecule has 0 saturated carbocycles. The average molecular weight is 385 g/mol. The van der Waals surface area contributed by atoms with E-state index >= 15 is 0 Å². The van der Waals surface area contributed by atoms with E-state index in [4.69, 9.17) is 10.2 Å². The summed E-state index contributed by atoms with van der Waals surface area (Å²) in [6, 6.07) is 5.64. The van der Waals surface area contributed by atoms with E-state index in [1.54, 1.807) is 0 Å². The molecule has 25 heavy (non-hydrogen) atoms. The van der Waals surface area contributed by atoms with Crippen LogP contribution in [0, 0.1) is 19.8 Å². The van der Waals surface area contributed by atoms with Crippen LogP contribution < -0.4 is 11.1 Å². The highest BCUT2D eigenvalue weighted by Gasteiger charge is 2.17. The van der Waals surface area contributed by atoms with Crippen molar-refractivity contribution in [2.24, 2.45) is 11.7 Å². The molecule has 0 aliphatic heterocycles. The molecule has 2 rings (SSSR count). The first-order valence-electron chi connectivity index (χ1n) is 7.94. The summed E-state index contributed by atoms with van der Waals surface area (Å²) < 4.78 is 5.53. The molecule has 0 saturated heterocycles. The molecule has 1 heterocycles. The zero-order valence-corrected chi connectivity index (χ0v) is 16.5. The van der Waals surface area contributed by atoms with E-state index < -0.39 is 0 Å². The number of nitrogens with zero attached hydrogens (tertiary/aromatic N) is 2. The Hall–Kier alpha value is -1.57. The number of aromatic nitrogens is 2. The van der Waals surface area contributed by atoms with Crippen LogP contribution in [-0.2, 0) is 4.79 Å². The highest BCUT2D eigenvalue weighted by atomic mass is 35.5. The van der Waals surface area contributed by atoms with Crippen LogP contribution >= 0.6 is 24.2 Å². The van der Waals surface area contributed by atoms with Gasteiger partial charge in [-0.25, -0.2) is 0 Å². The molecule has 1 aromatic carbocycles. The van der Waals surface area contributed by atoms with Crippen LogP contribution in [0.1, 0.15) is 43.3 Å². The molecular formula is C17H25ClN4O2S. The van der Waals surface area contributed by atoms with E-state index in [0.29, 0.717) is 17.0 Å². The number of amides is 1. The summed E-state index contributed by atoms with van der Waals surface area (Å²) in [5, 5.41) is 11.2. The lowest BCUT2D eigenvalue weighted by atomic mass is 10.1. The maximum Gasteiger partial charge on any atom is 0.277 e. The molecule has 6 nitrogen and oxygen atoms in total. The third-order valence-electron chi connectivity index (χ3n) is 3.54.